The van der Waals surface area contributed by atoms with Crippen LogP contribution in [0.3, 0.4) is 0 Å². The Hall–Kier alpha value is -4.29. The van der Waals surface area contributed by atoms with E-state index in [1.807, 2.05) is 4.72 Å². The number of carbonyl (C=O) groups is 3. The van der Waals surface area contributed by atoms with Gasteiger partial charge in [-0.25, -0.2) is 22.8 Å². The smallest absolute Gasteiger partial charge is 0.325 e. The third-order valence-electron chi connectivity index (χ3n) is 5.88. The average molecular weight is 557 g/mol. The van der Waals surface area contributed by atoms with Crippen molar-refractivity contribution in [1.82, 2.24) is 14.9 Å². The number of nitrogens with one attached hydrogen (secondary N) is 2. The number of hydrogen-bond donors (Lipinski definition) is 2. The molecule has 2 N–H and O–H groups in total. The molecule has 0 unspecified atom stereocenters. The summed E-state index contributed by atoms with van der Waals surface area (Å²) in [6.45, 7) is 0. The molecule has 0 saturated carbocycles. The van der Waals surface area contributed by atoms with Crippen molar-refractivity contribution in [2.75, 3.05) is 0 Å². The van der Waals surface area contributed by atoms with Gasteiger partial charge < -0.3 is 5.32 Å². The van der Waals surface area contributed by atoms with Crippen molar-refractivity contribution < 1.29 is 27.7 Å². The van der Waals surface area contributed by atoms with E-state index >= 15 is 0 Å². The van der Waals surface area contributed by atoms with Crippen LogP contribution in [0.5, 0.6) is 0 Å². The minimum absolute atomic E-state index is 0.166. The summed E-state index contributed by atoms with van der Waals surface area (Å²) in [6.07, 6.45) is 0.00844. The molecular formula is C25H21ClN4O7S. The van der Waals surface area contributed by atoms with Crippen molar-refractivity contribution in [3.63, 3.8) is 0 Å². The Labute approximate surface area is 222 Å². The normalized spacial score (nSPS) is 16.1. The van der Waals surface area contributed by atoms with Gasteiger partial charge in [0.2, 0.25) is 0 Å². The maximum atomic E-state index is 13.3. The largest absolute Gasteiger partial charge is 0.325 e. The van der Waals surface area contributed by atoms with E-state index in [4.69, 9.17) is 11.6 Å². The van der Waals surface area contributed by atoms with E-state index in [0.29, 0.717) is 11.6 Å². The van der Waals surface area contributed by atoms with E-state index in [2.05, 4.69) is 5.32 Å². The van der Waals surface area contributed by atoms with Gasteiger partial charge in [0.25, 0.3) is 27.5 Å². The Bertz CT molecular complexity index is 1500. The fourth-order valence-electron chi connectivity index (χ4n) is 4.03. The molecule has 0 radical (unpaired) electrons. The van der Waals surface area contributed by atoms with Crippen LogP contribution < -0.4 is 10.0 Å². The van der Waals surface area contributed by atoms with Crippen LogP contribution in [0.4, 0.5) is 10.5 Å². The van der Waals surface area contributed by atoms with Crippen molar-refractivity contribution in [2.24, 2.45) is 0 Å². The van der Waals surface area contributed by atoms with E-state index in [9.17, 15) is 32.9 Å². The van der Waals surface area contributed by atoms with Crippen LogP contribution in [-0.4, -0.2) is 48.2 Å². The van der Waals surface area contributed by atoms with Gasteiger partial charge in [0.1, 0.15) is 17.1 Å². The predicted molar refractivity (Wildman–Crippen MR) is 137 cm³/mol. The van der Waals surface area contributed by atoms with Crippen molar-refractivity contribution in [3.8, 4) is 0 Å². The van der Waals surface area contributed by atoms with Gasteiger partial charge in [0, 0.05) is 18.9 Å². The van der Waals surface area contributed by atoms with Crippen LogP contribution in [0.1, 0.15) is 11.1 Å². The molecule has 3 aromatic carbocycles. The van der Waals surface area contributed by atoms with Gasteiger partial charge in [-0.15, -0.1) is 0 Å². The summed E-state index contributed by atoms with van der Waals surface area (Å²) in [4.78, 5) is 50.0. The lowest BCUT2D eigenvalue weighted by molar-refractivity contribution is -0.384. The molecule has 13 heteroatoms. The molecule has 0 spiro atoms. The first-order valence-corrected chi connectivity index (χ1v) is 13.1. The highest BCUT2D eigenvalue weighted by Gasteiger charge is 2.45. The number of sulfonamides is 1. The molecule has 3 aromatic rings. The molecule has 196 valence electrons. The van der Waals surface area contributed by atoms with Crippen LogP contribution in [0.25, 0.3) is 0 Å². The number of nitro groups is 1. The monoisotopic (exact) mass is 556 g/mol. The number of benzene rings is 3. The molecule has 0 bridgehead atoms. The summed E-state index contributed by atoms with van der Waals surface area (Å²) in [5.41, 5.74) is 0.684. The molecule has 1 fully saturated rings. The standard InChI is InChI=1S/C25H21ClN4O7S/c26-19-12-11-18(15-21(19)30(34)35)38(36,37)28-23(31)22(14-17-9-5-2-6-10-17)29-24(32)20(27-25(29)33)13-16-7-3-1-4-8-16/h1-12,15,20,22H,13-14H2,(H,27,33)(H,28,31)/t20-,22-/m0/s1. The topological polar surface area (TPSA) is 156 Å². The van der Waals surface area contributed by atoms with E-state index in [1.54, 1.807) is 60.7 Å². The second-order valence-corrected chi connectivity index (χ2v) is 10.5. The highest BCUT2D eigenvalue weighted by Crippen LogP contribution is 2.27. The molecule has 11 nitrogen and oxygen atoms in total. The number of imide groups is 1. The molecule has 1 aliphatic heterocycles. The molecule has 4 rings (SSSR count). The van der Waals surface area contributed by atoms with Crippen LogP contribution in [0.2, 0.25) is 5.02 Å². The lowest BCUT2D eigenvalue weighted by atomic mass is 10.0. The summed E-state index contributed by atoms with van der Waals surface area (Å²) < 4.78 is 27.8. The number of nitro benzene ring substituents is 1. The molecule has 0 aliphatic carbocycles. The number of nitrogens with zero attached hydrogens (tertiary/aromatic N) is 2. The Morgan fingerprint density at radius 1 is 1.03 bits per heavy atom. The number of urea groups is 1. The Morgan fingerprint density at radius 2 is 1.63 bits per heavy atom. The first kappa shape index (κ1) is 26.8. The number of halogens is 1. The maximum absolute atomic E-state index is 13.3. The van der Waals surface area contributed by atoms with Crippen molar-refractivity contribution in [2.45, 2.75) is 29.8 Å². The van der Waals surface area contributed by atoms with E-state index in [0.717, 1.165) is 22.6 Å². The van der Waals surface area contributed by atoms with Gasteiger partial charge in [-0.2, -0.15) is 0 Å². The average Bonchev–Trinajstić information content (AvgIpc) is 3.15. The predicted octanol–water partition coefficient (Wildman–Crippen LogP) is 2.83. The zero-order chi connectivity index (χ0) is 27.4. The third-order valence-corrected chi connectivity index (χ3v) is 7.54. The number of amides is 4. The number of rotatable bonds is 9. The van der Waals surface area contributed by atoms with Crippen LogP contribution in [-0.2, 0) is 32.5 Å². The maximum Gasteiger partial charge on any atom is 0.325 e. The van der Waals surface area contributed by atoms with Crippen LogP contribution in [0, 0.1) is 10.1 Å². The lowest BCUT2D eigenvalue weighted by Crippen LogP contribution is -2.52. The molecule has 1 aliphatic rings. The molecular weight excluding hydrogens is 536 g/mol. The Morgan fingerprint density at radius 3 is 2.24 bits per heavy atom. The molecule has 1 heterocycles. The van der Waals surface area contributed by atoms with E-state index in [1.165, 1.54) is 0 Å². The second kappa shape index (κ2) is 11.0. The highest BCUT2D eigenvalue weighted by molar-refractivity contribution is 7.90. The van der Waals surface area contributed by atoms with Gasteiger partial charge >= 0.3 is 6.03 Å². The lowest BCUT2D eigenvalue weighted by Gasteiger charge is -2.24. The fraction of sp³-hybridized carbons (Fsp3) is 0.160. The minimum atomic E-state index is -4.63. The van der Waals surface area contributed by atoms with Crippen LogP contribution >= 0.6 is 11.6 Å². The minimum Gasteiger partial charge on any atom is -0.325 e. The summed E-state index contributed by atoms with van der Waals surface area (Å²) >= 11 is 5.77. The third kappa shape index (κ3) is 5.82. The second-order valence-electron chi connectivity index (χ2n) is 8.45. The summed E-state index contributed by atoms with van der Waals surface area (Å²) in [5.74, 6) is -1.84. The summed E-state index contributed by atoms with van der Waals surface area (Å²) in [7, 11) is -4.63. The fourth-order valence-corrected chi connectivity index (χ4v) is 5.25. The molecule has 0 aromatic heterocycles. The van der Waals surface area contributed by atoms with E-state index in [-0.39, 0.29) is 17.9 Å². The molecule has 1 saturated heterocycles. The highest BCUT2D eigenvalue weighted by atomic mass is 35.5. The molecule has 2 atom stereocenters. The van der Waals surface area contributed by atoms with Crippen molar-refractivity contribution >= 4 is 45.2 Å². The van der Waals surface area contributed by atoms with Gasteiger partial charge in [-0.3, -0.25) is 19.7 Å². The first-order valence-electron chi connectivity index (χ1n) is 11.3. The molecule has 4 amide bonds. The van der Waals surface area contributed by atoms with Crippen molar-refractivity contribution in [1.29, 1.82) is 0 Å². The zero-order valence-electron chi connectivity index (χ0n) is 19.6. The number of hydrogen-bond acceptors (Lipinski definition) is 7. The zero-order valence-corrected chi connectivity index (χ0v) is 21.2. The quantitative estimate of drug-likeness (QED) is 0.233. The molecule has 38 heavy (non-hydrogen) atoms. The van der Waals surface area contributed by atoms with Gasteiger partial charge in [-0.05, 0) is 23.3 Å². The Kier molecular flexibility index (Phi) is 7.74. The van der Waals surface area contributed by atoms with Gasteiger partial charge in [0.05, 0.1) is 9.82 Å². The summed E-state index contributed by atoms with van der Waals surface area (Å²) in [6, 6.07) is 16.8. The number of carbonyl (C=O) groups excluding carboxylic acids is 3. The summed E-state index contributed by atoms with van der Waals surface area (Å²) in [5, 5.41) is 13.5. The first-order chi connectivity index (χ1) is 18.1. The van der Waals surface area contributed by atoms with Gasteiger partial charge in [0.15, 0.2) is 0 Å². The van der Waals surface area contributed by atoms with Crippen molar-refractivity contribution in [3.05, 3.63) is 105 Å². The SMILES string of the molecule is O=C(NS(=O)(=O)c1ccc(Cl)c([N+](=O)[O-])c1)[C@H](Cc1ccccc1)N1C(=O)N[C@@H](Cc2ccccc2)C1=O. The van der Waals surface area contributed by atoms with E-state index < -0.39 is 55.5 Å². The Balaban J connectivity index is 1.63. The van der Waals surface area contributed by atoms with Gasteiger partial charge in [-0.1, -0.05) is 72.3 Å². The van der Waals surface area contributed by atoms with Crippen LogP contribution in [0.15, 0.2) is 83.8 Å².